The fourth-order valence-corrected chi connectivity index (χ4v) is 0.827. The van der Waals surface area contributed by atoms with Crippen LogP contribution in [0.15, 0.2) is 0 Å². The summed E-state index contributed by atoms with van der Waals surface area (Å²) >= 11 is 0. The number of carbonyl (C=O) groups excluding carboxylic acids is 4. The predicted molar refractivity (Wildman–Crippen MR) is 142 cm³/mol. The molecule has 0 atom stereocenters. The van der Waals surface area contributed by atoms with Crippen molar-refractivity contribution >= 4 is 24.3 Å². The van der Waals surface area contributed by atoms with E-state index in [0.717, 1.165) is 0 Å². The van der Waals surface area contributed by atoms with Gasteiger partial charge in [0.2, 0.25) is 18.2 Å². The molecule has 0 aromatic rings. The van der Waals surface area contributed by atoms with Gasteiger partial charge < -0.3 is 38.3 Å². The Labute approximate surface area is 208 Å². The number of carbonyl (C=O) groups is 4. The van der Waals surface area contributed by atoms with Crippen molar-refractivity contribution in [2.24, 2.45) is 23.1 Å². The lowest BCUT2D eigenvalue weighted by molar-refractivity contribution is -0.121. The quantitative estimate of drug-likeness (QED) is 0.281. The molecule has 0 aliphatic rings. The lowest BCUT2D eigenvalue weighted by Crippen LogP contribution is -2.34. The van der Waals surface area contributed by atoms with E-state index in [9.17, 15) is 19.2 Å². The SMILES string of the molecule is CC(=O)NC(C)C.CC(C)C(N)=O.CC(C)N.CC(C)NC(N)=O.CC(C)NC=O.CC(C)O. The smallest absolute Gasteiger partial charge is 0.312 e. The van der Waals surface area contributed by atoms with Crippen molar-refractivity contribution in [2.45, 2.75) is 120 Å². The molecule has 0 bridgehead atoms. The molecule has 10 N–H and O–H groups in total. The van der Waals surface area contributed by atoms with Gasteiger partial charge in [0, 0.05) is 37.1 Å². The average molecular weight is 497 g/mol. The number of aliphatic hydroxyl groups is 1. The Morgan fingerprint density at radius 1 is 0.735 bits per heavy atom. The van der Waals surface area contributed by atoms with E-state index in [4.69, 9.17) is 22.3 Å². The first-order valence-electron chi connectivity index (χ1n) is 11.4. The molecule has 34 heavy (non-hydrogen) atoms. The highest BCUT2D eigenvalue weighted by molar-refractivity contribution is 5.75. The van der Waals surface area contributed by atoms with Gasteiger partial charge in [-0.3, -0.25) is 14.4 Å². The van der Waals surface area contributed by atoms with Gasteiger partial charge in [0.1, 0.15) is 0 Å². The van der Waals surface area contributed by atoms with Crippen molar-refractivity contribution in [1.29, 1.82) is 0 Å². The van der Waals surface area contributed by atoms with Crippen LogP contribution in [0, 0.1) is 5.92 Å². The molecule has 0 saturated heterocycles. The van der Waals surface area contributed by atoms with Gasteiger partial charge in [0.25, 0.3) is 0 Å². The molecular weight excluding hydrogens is 440 g/mol. The van der Waals surface area contributed by atoms with E-state index in [2.05, 4.69) is 16.0 Å². The van der Waals surface area contributed by atoms with E-state index in [1.54, 1.807) is 27.7 Å². The standard InChI is InChI=1S/C5H11NO.C4H10N2O.2C4H9NO.C3H9N.C3H8O/c1-4(2)6-5(3)7;1-3(2)6-4(5)7;1-4(2)5-3-6;1-3(2)4(5)6;2*1-3(2)4/h4H,1-3H3,(H,6,7);3H,1-2H3,(H3,5,6,7);3-4H,1-2H3,(H,5,6);3H,1-2H3,(H2,5,6);3H,4H2,1-2H3;3-4H,1-2H3. The van der Waals surface area contributed by atoms with E-state index in [1.807, 2.05) is 55.4 Å². The number of amides is 5. The first kappa shape index (κ1) is 45.1. The molecule has 0 radical (unpaired) electrons. The molecule has 11 nitrogen and oxygen atoms in total. The third-order valence-corrected chi connectivity index (χ3v) is 1.89. The maximum atomic E-state index is 10.1. The second kappa shape index (κ2) is 32.8. The van der Waals surface area contributed by atoms with Crippen LogP contribution in [0.2, 0.25) is 0 Å². The summed E-state index contributed by atoms with van der Waals surface area (Å²) in [5, 5.41) is 15.7. The molecule has 0 rings (SSSR count). The Kier molecular flexibility index (Phi) is 43.5. The minimum atomic E-state index is -0.463. The Balaban J connectivity index is -0.0000000701. The van der Waals surface area contributed by atoms with Gasteiger partial charge in [0.05, 0.1) is 0 Å². The largest absolute Gasteiger partial charge is 0.394 e. The summed E-state index contributed by atoms with van der Waals surface area (Å²) in [5.74, 6) is -0.213. The fraction of sp³-hybridized carbons (Fsp3) is 0.826. The Bertz CT molecular complexity index is 437. The van der Waals surface area contributed by atoms with E-state index < -0.39 is 6.03 Å². The first-order chi connectivity index (χ1) is 15.1. The van der Waals surface area contributed by atoms with Gasteiger partial charge >= 0.3 is 6.03 Å². The minimum Gasteiger partial charge on any atom is -0.394 e. The van der Waals surface area contributed by atoms with E-state index >= 15 is 0 Å². The molecule has 0 aromatic carbocycles. The lowest BCUT2D eigenvalue weighted by atomic mass is 10.2. The highest BCUT2D eigenvalue weighted by atomic mass is 16.3. The number of nitrogens with two attached hydrogens (primary N) is 3. The molecule has 0 spiro atoms. The highest BCUT2D eigenvalue weighted by Crippen LogP contribution is 1.84. The minimum absolute atomic E-state index is 0.00926. The maximum absolute atomic E-state index is 10.1. The number of hydrogen-bond acceptors (Lipinski definition) is 6. The number of rotatable bonds is 5. The predicted octanol–water partition coefficient (Wildman–Crippen LogP) is 1.60. The van der Waals surface area contributed by atoms with Crippen molar-refractivity contribution in [3.63, 3.8) is 0 Å². The normalized spacial score (nSPS) is 8.97. The molecule has 0 unspecified atom stereocenters. The summed E-state index contributed by atoms with van der Waals surface area (Å²) in [6, 6.07) is 0.576. The van der Waals surface area contributed by atoms with Crippen LogP contribution in [0.25, 0.3) is 0 Å². The van der Waals surface area contributed by atoms with Crippen LogP contribution in [0.4, 0.5) is 4.79 Å². The molecule has 0 aromatic heterocycles. The van der Waals surface area contributed by atoms with Crippen LogP contribution in [0.5, 0.6) is 0 Å². The topological polar surface area (TPSA) is 203 Å². The second-order valence-electron chi connectivity index (χ2n) is 8.85. The second-order valence-corrected chi connectivity index (χ2v) is 8.85. The van der Waals surface area contributed by atoms with Gasteiger partial charge in [0.15, 0.2) is 0 Å². The van der Waals surface area contributed by atoms with Gasteiger partial charge in [-0.1, -0.05) is 27.7 Å². The number of hydrogen-bond donors (Lipinski definition) is 7. The van der Waals surface area contributed by atoms with Gasteiger partial charge in [-0.2, -0.15) is 0 Å². The molecule has 5 amide bonds. The number of aliphatic hydroxyl groups excluding tert-OH is 1. The van der Waals surface area contributed by atoms with Crippen LogP contribution in [-0.2, 0) is 14.4 Å². The molecule has 0 fully saturated rings. The highest BCUT2D eigenvalue weighted by Gasteiger charge is 1.96. The van der Waals surface area contributed by atoms with Crippen molar-refractivity contribution in [3.8, 4) is 0 Å². The van der Waals surface area contributed by atoms with Crippen LogP contribution in [0.1, 0.15) is 90.0 Å². The molecule has 0 aliphatic carbocycles. The molecule has 0 heterocycles. The Hall–Kier alpha value is -2.40. The lowest BCUT2D eigenvalue weighted by Gasteiger charge is -2.02. The van der Waals surface area contributed by atoms with Crippen LogP contribution in [0.3, 0.4) is 0 Å². The zero-order valence-corrected chi connectivity index (χ0v) is 23.9. The van der Waals surface area contributed by atoms with Crippen molar-refractivity contribution in [2.75, 3.05) is 0 Å². The number of urea groups is 1. The van der Waals surface area contributed by atoms with Crippen molar-refractivity contribution in [3.05, 3.63) is 0 Å². The summed E-state index contributed by atoms with van der Waals surface area (Å²) in [5.41, 5.74) is 14.7. The summed E-state index contributed by atoms with van der Waals surface area (Å²) in [4.78, 5) is 39.5. The van der Waals surface area contributed by atoms with Crippen LogP contribution in [-0.4, -0.2) is 59.6 Å². The summed E-state index contributed by atoms with van der Waals surface area (Å²) in [6.45, 7) is 23.8. The molecule has 208 valence electrons. The van der Waals surface area contributed by atoms with E-state index in [-0.39, 0.29) is 42.0 Å². The molecule has 0 saturated carbocycles. The zero-order chi connectivity index (χ0) is 29.0. The molecular formula is C23H56N6O5. The van der Waals surface area contributed by atoms with Gasteiger partial charge in [-0.25, -0.2) is 4.79 Å². The number of primary amides is 2. The number of nitrogens with one attached hydrogen (secondary N) is 3. The molecule has 0 aliphatic heterocycles. The van der Waals surface area contributed by atoms with Gasteiger partial charge in [-0.05, 0) is 61.4 Å². The van der Waals surface area contributed by atoms with Crippen LogP contribution < -0.4 is 33.2 Å². The third-order valence-electron chi connectivity index (χ3n) is 1.89. The van der Waals surface area contributed by atoms with Crippen LogP contribution >= 0.6 is 0 Å². The fourth-order valence-electron chi connectivity index (χ4n) is 0.827. The summed E-state index contributed by atoms with van der Waals surface area (Å²) in [6.07, 6.45) is 0.532. The Morgan fingerprint density at radius 3 is 1.00 bits per heavy atom. The van der Waals surface area contributed by atoms with Crippen molar-refractivity contribution < 1.29 is 24.3 Å². The zero-order valence-electron chi connectivity index (χ0n) is 23.9. The summed E-state index contributed by atoms with van der Waals surface area (Å²) < 4.78 is 0. The monoisotopic (exact) mass is 496 g/mol. The van der Waals surface area contributed by atoms with Gasteiger partial charge in [-0.15, -0.1) is 0 Å². The van der Waals surface area contributed by atoms with E-state index in [1.165, 1.54) is 6.92 Å². The van der Waals surface area contributed by atoms with E-state index in [0.29, 0.717) is 12.5 Å². The molecule has 11 heteroatoms. The first-order valence-corrected chi connectivity index (χ1v) is 11.4. The third kappa shape index (κ3) is 153. The van der Waals surface area contributed by atoms with Crippen molar-refractivity contribution in [1.82, 2.24) is 16.0 Å². The summed E-state index contributed by atoms with van der Waals surface area (Å²) in [7, 11) is 0. The maximum Gasteiger partial charge on any atom is 0.312 e. The average Bonchev–Trinajstić information content (AvgIpc) is 2.52. The Morgan fingerprint density at radius 2 is 1.00 bits per heavy atom.